The molecule has 733 valence electrons. The molecule has 0 spiro atoms. The van der Waals surface area contributed by atoms with Crippen molar-refractivity contribution in [3.63, 3.8) is 0 Å². The van der Waals surface area contributed by atoms with Gasteiger partial charge in [0.15, 0.2) is 0 Å². The molecule has 0 fully saturated rings. The van der Waals surface area contributed by atoms with Crippen molar-refractivity contribution in [2.45, 2.75) is 143 Å². The Labute approximate surface area is 891 Å². The zero-order chi connectivity index (χ0) is 98.0. The molecule has 140 heavy (non-hydrogen) atoms. The minimum atomic E-state index is -0.694. The van der Waals surface area contributed by atoms with Gasteiger partial charge in [-0.1, -0.05) is 228 Å². The molecule has 14 nitrogen and oxygen atoms in total. The van der Waals surface area contributed by atoms with E-state index in [1.54, 1.807) is 24.5 Å². The summed E-state index contributed by atoms with van der Waals surface area (Å²) < 4.78 is 31.1. The summed E-state index contributed by atoms with van der Waals surface area (Å²) in [6.07, 6.45) is 12.0. The third-order valence-corrected chi connectivity index (χ3v) is 19.8. The van der Waals surface area contributed by atoms with Crippen molar-refractivity contribution in [3.05, 3.63) is 404 Å². The zero-order valence-corrected chi connectivity index (χ0v) is 93.7. The van der Waals surface area contributed by atoms with Crippen LogP contribution in [-0.2, 0) is 129 Å². The van der Waals surface area contributed by atoms with Crippen molar-refractivity contribution in [3.8, 4) is 73.3 Å². The number of rotatable bonds is 15. The molecule has 0 aliphatic heterocycles. The van der Waals surface area contributed by atoms with Crippen molar-refractivity contribution < 1.29 is 143 Å². The van der Waals surface area contributed by atoms with Crippen molar-refractivity contribution in [2.75, 3.05) is 7.11 Å². The standard InChI is InChI=1S/C20H20N.C17H14N.C15H10N.C12H8F2NO.C12H10N.2C11H8N.C11H20O2.2C5H8O2.5Ir/c1-13(2)17-6-5-7-20-18(17)8-9-19(21-20)16-11-14(3)10-15(4)12-16;1-12-9-13(2)11-15(10-12)17-8-7-14-5-3-4-6-16(14)18-17;1-2-7-13(8-3-1)15-14-9-5-4-6-12(14)10-11-16-15;1-16-9-4-5-15-12(7-9)10-3-2-8(13)6-11(10)14;1-2-5-11-9-8-10-6-3-4-7-12(10)13-11;2*1-2-6-10(7-3-1)11-8-4-5-9-12-11;1-10(2,3)8(12)7-9(13)11(4,5)6;2*1-4(6)3-5(2)7;;;;;/h5-11,13H,1-4H3;3-10H,1-2H3;1-7,9-11H;2,4-7H,1H3;3-9H,1H3;2*1-6,8-9H;7H2,1-6H3;2*3H2,1-2H3;;;;;/q7*-1;;;;;;;;. The minimum absolute atomic E-state index is 0. The number of halogens is 2. The van der Waals surface area contributed by atoms with Gasteiger partial charge in [0.1, 0.15) is 40.4 Å². The van der Waals surface area contributed by atoms with E-state index in [9.17, 15) is 37.5 Å². The first-order valence-corrected chi connectivity index (χ1v) is 44.2. The summed E-state index contributed by atoms with van der Waals surface area (Å²) >= 11 is 0. The maximum atomic E-state index is 13.4. The van der Waals surface area contributed by atoms with Gasteiger partial charge < -0.3 is 29.7 Å². The molecule has 5 radical (unpaired) electrons. The number of aromatic nitrogens is 7. The van der Waals surface area contributed by atoms with Crippen molar-refractivity contribution in [2.24, 2.45) is 10.8 Å². The molecule has 0 aliphatic carbocycles. The average molecular weight is 2750 g/mol. The number of carbonyl (C=O) groups is 6. The molecule has 0 N–H and O–H groups in total. The molecule has 0 saturated heterocycles. The van der Waals surface area contributed by atoms with Gasteiger partial charge in [0.2, 0.25) is 0 Å². The minimum Gasteiger partial charge on any atom is -0.497 e. The van der Waals surface area contributed by atoms with E-state index in [2.05, 4.69) is 206 Å². The number of pyridine rings is 7. The Balaban J connectivity index is 0.000000404. The van der Waals surface area contributed by atoms with E-state index in [1.807, 2.05) is 231 Å². The molecule has 0 bridgehead atoms. The van der Waals surface area contributed by atoms with Crippen LogP contribution in [0.2, 0.25) is 0 Å². The summed E-state index contributed by atoms with van der Waals surface area (Å²) in [5, 5.41) is 5.99. The molecular formula is C119H114F2Ir5N7O7-7. The number of fused-ring (bicyclic) bond motifs is 4. The number of carbonyl (C=O) groups excluding carboxylic acids is 6. The van der Waals surface area contributed by atoms with Crippen molar-refractivity contribution in [1.82, 2.24) is 34.9 Å². The second kappa shape index (κ2) is 62.9. The summed E-state index contributed by atoms with van der Waals surface area (Å²) in [6, 6.07) is 113. The SMILES string of the molecule is CC(=O)CC(C)=O.CC(=O)CC(C)=O.CC(C)(C)C(=O)CC(=O)C(C)(C)C.COc1ccnc(-c2[c-]cc(F)cc2F)c1.C[C-]=Cc1ccc2ccccc2n1.Cc1[c-]c(-c2ccc3c(C(C)C)cccc3n2)cc(C)c1.Cc1[c-]c(-c2ccc3ccccc3n2)cc(C)c1.[Ir].[Ir].[Ir].[Ir].[Ir].[c-]1ccccc1-c1ccccn1.[c-]1ccccc1-c1ccccn1.[c-]1ccccc1-c1nccc2ccccc12. The molecule has 7 heterocycles. The number of hydrogen-bond donors (Lipinski definition) is 0. The molecule has 0 saturated carbocycles. The Morgan fingerprint density at radius 3 is 1.27 bits per heavy atom. The Morgan fingerprint density at radius 2 is 0.829 bits per heavy atom. The van der Waals surface area contributed by atoms with Crippen LogP contribution in [0.5, 0.6) is 5.75 Å². The summed E-state index contributed by atoms with van der Waals surface area (Å²) in [5.74, 6) is -0.499. The summed E-state index contributed by atoms with van der Waals surface area (Å²) in [6.45, 7) is 31.3. The number of aryl methyl sites for hydroxylation is 4. The first kappa shape index (κ1) is 122. The number of allylic oxidation sites excluding steroid dienone is 1. The maximum Gasteiger partial charge on any atom is 0.145 e. The van der Waals surface area contributed by atoms with Gasteiger partial charge in [0, 0.05) is 159 Å². The number of nitrogens with zero attached hydrogens (tertiary/aromatic N) is 7. The van der Waals surface area contributed by atoms with Crippen LogP contribution in [0.3, 0.4) is 0 Å². The first-order chi connectivity index (χ1) is 64.5. The van der Waals surface area contributed by atoms with Crippen LogP contribution in [0.15, 0.2) is 316 Å². The van der Waals surface area contributed by atoms with Crippen LogP contribution >= 0.6 is 0 Å². The van der Waals surface area contributed by atoms with Crippen LogP contribution in [-0.4, -0.2) is 76.7 Å². The topological polar surface area (TPSA) is 202 Å². The number of ketones is 6. The molecule has 0 unspecified atom stereocenters. The van der Waals surface area contributed by atoms with Gasteiger partial charge in [-0.3, -0.25) is 53.6 Å². The van der Waals surface area contributed by atoms with Crippen LogP contribution in [0, 0.1) is 92.6 Å². The van der Waals surface area contributed by atoms with E-state index >= 15 is 0 Å². The molecule has 21 heteroatoms. The Morgan fingerprint density at radius 1 is 0.393 bits per heavy atom. The molecule has 10 aromatic carbocycles. The van der Waals surface area contributed by atoms with E-state index in [-0.39, 0.29) is 160 Å². The second-order valence-electron chi connectivity index (χ2n) is 34.0. The van der Waals surface area contributed by atoms with E-state index in [4.69, 9.17) is 14.7 Å². The number of ether oxygens (including phenoxy) is 1. The fourth-order valence-electron chi connectivity index (χ4n) is 13.1. The predicted octanol–water partition coefficient (Wildman–Crippen LogP) is 28.2. The van der Waals surface area contributed by atoms with E-state index in [0.717, 1.165) is 102 Å². The number of Topliss-reactive ketones (excluding diaryl/α,β-unsaturated/α-hetero) is 6. The molecule has 17 aromatic rings. The third kappa shape index (κ3) is 42.2. The molecule has 7 aromatic heterocycles. The Kier molecular flexibility index (Phi) is 54.9. The Hall–Kier alpha value is -12.0. The zero-order valence-electron chi connectivity index (χ0n) is 81.7. The van der Waals surface area contributed by atoms with Crippen LogP contribution in [0.25, 0.3) is 117 Å². The maximum absolute atomic E-state index is 13.4. The van der Waals surface area contributed by atoms with Crippen molar-refractivity contribution in [1.29, 1.82) is 0 Å². The van der Waals surface area contributed by atoms with Gasteiger partial charge in [-0.05, 0) is 143 Å². The van der Waals surface area contributed by atoms with E-state index in [0.29, 0.717) is 17.4 Å². The first-order valence-electron chi connectivity index (χ1n) is 44.2. The van der Waals surface area contributed by atoms with E-state index < -0.39 is 22.5 Å². The van der Waals surface area contributed by atoms with Gasteiger partial charge in [0.25, 0.3) is 0 Å². The average Bonchev–Trinajstić information content (AvgIpc) is 0.792. The van der Waals surface area contributed by atoms with Crippen LogP contribution < -0.4 is 4.74 Å². The molecule has 17 rings (SSSR count). The van der Waals surface area contributed by atoms with Gasteiger partial charge in [-0.2, -0.15) is 0 Å². The van der Waals surface area contributed by atoms with Crippen LogP contribution in [0.1, 0.15) is 149 Å². The molecule has 0 atom stereocenters. The number of para-hydroxylation sites is 2. The smallest absolute Gasteiger partial charge is 0.145 e. The van der Waals surface area contributed by atoms with Gasteiger partial charge >= 0.3 is 0 Å². The number of hydrogen-bond acceptors (Lipinski definition) is 14. The van der Waals surface area contributed by atoms with Gasteiger partial charge in [0.05, 0.1) is 37.4 Å². The predicted molar refractivity (Wildman–Crippen MR) is 544 cm³/mol. The summed E-state index contributed by atoms with van der Waals surface area (Å²) in [5.41, 5.74) is 20.1. The number of methoxy groups -OCH3 is 1. The Bertz CT molecular complexity index is 6520. The summed E-state index contributed by atoms with van der Waals surface area (Å²) in [7, 11) is 1.50. The van der Waals surface area contributed by atoms with Crippen molar-refractivity contribution >= 4 is 84.3 Å². The van der Waals surface area contributed by atoms with Crippen LogP contribution in [0.4, 0.5) is 8.78 Å². The number of benzene rings is 10. The molecule has 0 amide bonds. The molecular weight excluding hydrogens is 2640 g/mol. The van der Waals surface area contributed by atoms with E-state index in [1.165, 1.54) is 84.6 Å². The fraction of sp³-hybridized carbons (Fsp3) is 0.202. The largest absolute Gasteiger partial charge is 0.497 e. The van der Waals surface area contributed by atoms with Gasteiger partial charge in [-0.15, -0.1) is 203 Å². The monoisotopic (exact) mass is 2760 g/mol. The molecule has 0 aliphatic rings. The quantitative estimate of drug-likeness (QED) is 0.0693. The third-order valence-electron chi connectivity index (χ3n) is 19.8. The fourth-order valence-corrected chi connectivity index (χ4v) is 13.1. The summed E-state index contributed by atoms with van der Waals surface area (Å²) in [4.78, 5) is 94.0. The second-order valence-corrected chi connectivity index (χ2v) is 34.0. The normalized spacial score (nSPS) is 10.2. The van der Waals surface area contributed by atoms with Gasteiger partial charge in [-0.25, -0.2) is 6.08 Å².